The van der Waals surface area contributed by atoms with Crippen molar-refractivity contribution in [3.63, 3.8) is 0 Å². The summed E-state index contributed by atoms with van der Waals surface area (Å²) in [6.45, 7) is -0.414. The van der Waals surface area contributed by atoms with Gasteiger partial charge in [0.1, 0.15) is 17.5 Å². The lowest BCUT2D eigenvalue weighted by molar-refractivity contribution is -0.122. The first-order valence-electron chi connectivity index (χ1n) is 12.7. The van der Waals surface area contributed by atoms with Gasteiger partial charge in [0.15, 0.2) is 0 Å². The SMILES string of the molecule is NS(=O)(=O)c1ccc(NC(=O)Cn2c3c(sc2=O)[C@@H](c2ccccc2O)C2C(=O)N(c4ccc(Cl)cc4)C(=O)C2S3)cc1. The molecule has 2 unspecified atom stereocenters. The van der Waals surface area contributed by atoms with Crippen molar-refractivity contribution in [1.82, 2.24) is 4.57 Å². The monoisotopic (exact) mass is 656 g/mol. The zero-order valence-corrected chi connectivity index (χ0v) is 25.0. The Bertz CT molecular complexity index is 1960. The molecular formula is C28H21ClN4O7S3. The number of benzene rings is 3. The van der Waals surface area contributed by atoms with Gasteiger partial charge in [-0.1, -0.05) is 52.9 Å². The Morgan fingerprint density at radius 3 is 2.30 bits per heavy atom. The molecule has 3 heterocycles. The van der Waals surface area contributed by atoms with E-state index in [2.05, 4.69) is 5.32 Å². The van der Waals surface area contributed by atoms with Crippen molar-refractivity contribution >= 4 is 73.8 Å². The first-order valence-corrected chi connectivity index (χ1v) is 16.3. The van der Waals surface area contributed by atoms with Gasteiger partial charge in [-0.15, -0.1) is 0 Å². The van der Waals surface area contributed by atoms with E-state index in [1.165, 1.54) is 34.9 Å². The van der Waals surface area contributed by atoms with E-state index in [0.717, 1.165) is 28.0 Å². The summed E-state index contributed by atoms with van der Waals surface area (Å²) in [5.41, 5.74) is 1.01. The Morgan fingerprint density at radius 1 is 0.977 bits per heavy atom. The molecule has 1 fully saturated rings. The Morgan fingerprint density at radius 2 is 1.65 bits per heavy atom. The lowest BCUT2D eigenvalue weighted by Crippen LogP contribution is -2.33. The molecule has 43 heavy (non-hydrogen) atoms. The number of nitrogens with zero attached hydrogens (tertiary/aromatic N) is 2. The molecule has 3 aromatic carbocycles. The van der Waals surface area contributed by atoms with E-state index >= 15 is 0 Å². The minimum Gasteiger partial charge on any atom is -0.508 e. The van der Waals surface area contributed by atoms with Crippen LogP contribution >= 0.6 is 34.7 Å². The normalized spacial score (nSPS) is 19.7. The molecule has 0 spiro atoms. The number of carbonyl (C=O) groups excluding carboxylic acids is 3. The molecule has 220 valence electrons. The molecule has 1 aromatic heterocycles. The number of phenolic OH excluding ortho intramolecular Hbond substituents is 1. The molecular weight excluding hydrogens is 636 g/mol. The van der Waals surface area contributed by atoms with Crippen LogP contribution < -0.4 is 20.2 Å². The number of aromatic nitrogens is 1. The third-order valence-corrected chi connectivity index (χ3v) is 11.0. The number of amides is 3. The number of sulfonamides is 1. The van der Waals surface area contributed by atoms with Gasteiger partial charge in [-0.3, -0.25) is 23.7 Å². The number of phenols is 1. The van der Waals surface area contributed by atoms with Gasteiger partial charge in [0, 0.05) is 27.1 Å². The van der Waals surface area contributed by atoms with Crippen LogP contribution in [0.5, 0.6) is 5.75 Å². The molecule has 0 bridgehead atoms. The minimum absolute atomic E-state index is 0.0950. The molecule has 0 aliphatic carbocycles. The molecule has 1 saturated heterocycles. The van der Waals surface area contributed by atoms with Crippen LogP contribution in [0.2, 0.25) is 5.02 Å². The van der Waals surface area contributed by atoms with E-state index < -0.39 is 56.2 Å². The minimum atomic E-state index is -3.91. The van der Waals surface area contributed by atoms with Gasteiger partial charge in [0.2, 0.25) is 27.7 Å². The number of anilines is 2. The van der Waals surface area contributed by atoms with Crippen molar-refractivity contribution in [3.05, 3.63) is 97.9 Å². The largest absolute Gasteiger partial charge is 0.508 e. The van der Waals surface area contributed by atoms with Gasteiger partial charge in [0.05, 0.1) is 21.5 Å². The predicted octanol–water partition coefficient (Wildman–Crippen LogP) is 3.35. The standard InChI is InChI=1S/C28H21ClN4O7S3/c29-14-5-9-16(10-6-14)33-25(36)22-21(18-3-1-2-4-19(18)34)24-27(41-23(22)26(33)37)32(28(38)42-24)13-20(35)31-15-7-11-17(12-8-15)43(30,39)40/h1-12,21-23,34H,13H2,(H,31,35)(H2,30,39,40)/t21-,22?,23?/m0/s1. The zero-order valence-electron chi connectivity index (χ0n) is 21.8. The Balaban J connectivity index is 1.37. The Hall–Kier alpha value is -3.95. The number of nitrogens with one attached hydrogen (secondary N) is 1. The van der Waals surface area contributed by atoms with Crippen LogP contribution in [-0.2, 0) is 31.0 Å². The molecule has 4 N–H and O–H groups in total. The summed E-state index contributed by atoms with van der Waals surface area (Å²) in [5, 5.41) is 18.4. The number of imide groups is 1. The Labute approximate surface area is 257 Å². The Kier molecular flexibility index (Phi) is 7.42. The van der Waals surface area contributed by atoms with Crippen molar-refractivity contribution in [2.45, 2.75) is 27.6 Å². The van der Waals surface area contributed by atoms with Crippen molar-refractivity contribution in [2.75, 3.05) is 10.2 Å². The van der Waals surface area contributed by atoms with Gasteiger partial charge < -0.3 is 10.4 Å². The maximum Gasteiger partial charge on any atom is 0.308 e. The second-order valence-electron chi connectivity index (χ2n) is 9.83. The number of primary sulfonamides is 1. The third-order valence-electron chi connectivity index (χ3n) is 7.17. The number of nitrogens with two attached hydrogens (primary N) is 1. The lowest BCUT2D eigenvalue weighted by Gasteiger charge is -2.31. The topological polar surface area (TPSA) is 169 Å². The van der Waals surface area contributed by atoms with Gasteiger partial charge in [0.25, 0.3) is 0 Å². The first kappa shape index (κ1) is 29.1. The summed E-state index contributed by atoms with van der Waals surface area (Å²) < 4.78 is 24.3. The average molecular weight is 657 g/mol. The van der Waals surface area contributed by atoms with Crippen LogP contribution in [0.25, 0.3) is 0 Å². The molecule has 2 aliphatic rings. The molecule has 3 atom stereocenters. The van der Waals surface area contributed by atoms with Gasteiger partial charge in [-0.2, -0.15) is 0 Å². The molecule has 15 heteroatoms. The maximum atomic E-state index is 13.9. The zero-order chi connectivity index (χ0) is 30.6. The summed E-state index contributed by atoms with van der Waals surface area (Å²) in [6, 6.07) is 17.9. The van der Waals surface area contributed by atoms with Crippen LogP contribution in [0.15, 0.2) is 87.5 Å². The first-order chi connectivity index (χ1) is 20.4. The fraction of sp³-hybridized carbons (Fsp3) is 0.143. The number of carbonyl (C=O) groups is 3. The molecule has 2 aliphatic heterocycles. The summed E-state index contributed by atoms with van der Waals surface area (Å²) in [7, 11) is -3.91. The number of para-hydroxylation sites is 1. The summed E-state index contributed by atoms with van der Waals surface area (Å²) in [5.74, 6) is -3.39. The highest BCUT2D eigenvalue weighted by Gasteiger charge is 2.57. The highest BCUT2D eigenvalue weighted by atomic mass is 35.5. The smallest absolute Gasteiger partial charge is 0.308 e. The molecule has 6 rings (SSSR count). The van der Waals surface area contributed by atoms with E-state index in [4.69, 9.17) is 16.7 Å². The number of hydrogen-bond donors (Lipinski definition) is 3. The van der Waals surface area contributed by atoms with Crippen LogP contribution in [0.3, 0.4) is 0 Å². The number of fused-ring (bicyclic) bond motifs is 2. The van der Waals surface area contributed by atoms with E-state index in [-0.39, 0.29) is 16.3 Å². The lowest BCUT2D eigenvalue weighted by atomic mass is 9.82. The van der Waals surface area contributed by atoms with Gasteiger partial charge >= 0.3 is 4.87 Å². The molecule has 4 aromatic rings. The molecule has 3 amide bonds. The second-order valence-corrected chi connectivity index (χ2v) is 14.0. The van der Waals surface area contributed by atoms with Crippen molar-refractivity contribution in [1.29, 1.82) is 0 Å². The molecule has 0 saturated carbocycles. The molecule has 0 radical (unpaired) electrons. The molecule has 11 nitrogen and oxygen atoms in total. The van der Waals surface area contributed by atoms with E-state index in [9.17, 15) is 32.7 Å². The number of thioether (sulfide) groups is 1. The van der Waals surface area contributed by atoms with Crippen LogP contribution in [-0.4, -0.2) is 41.1 Å². The summed E-state index contributed by atoms with van der Waals surface area (Å²) in [6.07, 6.45) is 0. The van der Waals surface area contributed by atoms with Gasteiger partial charge in [-0.25, -0.2) is 18.5 Å². The van der Waals surface area contributed by atoms with E-state index in [0.29, 0.717) is 26.2 Å². The van der Waals surface area contributed by atoms with Crippen LogP contribution in [0.4, 0.5) is 11.4 Å². The van der Waals surface area contributed by atoms with Crippen molar-refractivity contribution < 1.29 is 27.9 Å². The number of rotatable bonds is 6. The highest BCUT2D eigenvalue weighted by Crippen LogP contribution is 2.55. The van der Waals surface area contributed by atoms with Crippen molar-refractivity contribution in [2.24, 2.45) is 11.1 Å². The fourth-order valence-electron chi connectivity index (χ4n) is 5.26. The van der Waals surface area contributed by atoms with E-state index in [1.807, 2.05) is 0 Å². The van der Waals surface area contributed by atoms with E-state index in [1.54, 1.807) is 42.5 Å². The predicted molar refractivity (Wildman–Crippen MR) is 162 cm³/mol. The number of thiazole rings is 1. The number of hydrogen-bond acceptors (Lipinski definition) is 9. The number of aromatic hydroxyl groups is 1. The average Bonchev–Trinajstić information content (AvgIpc) is 3.40. The van der Waals surface area contributed by atoms with Crippen LogP contribution in [0, 0.1) is 5.92 Å². The second kappa shape index (κ2) is 11.0. The third kappa shape index (κ3) is 5.25. The van der Waals surface area contributed by atoms with Crippen LogP contribution in [0.1, 0.15) is 16.4 Å². The maximum absolute atomic E-state index is 13.9. The summed E-state index contributed by atoms with van der Waals surface area (Å²) >= 11 is 7.90. The number of halogens is 1. The van der Waals surface area contributed by atoms with Crippen molar-refractivity contribution in [3.8, 4) is 5.75 Å². The fourth-order valence-corrected chi connectivity index (χ4v) is 8.66. The quantitative estimate of drug-likeness (QED) is 0.266. The van der Waals surface area contributed by atoms with Gasteiger partial charge in [-0.05, 0) is 54.6 Å². The highest BCUT2D eigenvalue weighted by molar-refractivity contribution is 8.00. The summed E-state index contributed by atoms with van der Waals surface area (Å²) in [4.78, 5) is 54.9.